The van der Waals surface area contributed by atoms with Gasteiger partial charge in [0.1, 0.15) is 0 Å². The maximum absolute atomic E-state index is 8.61. The molecule has 0 spiro atoms. The SMILES string of the molecule is CC1CC(C#N)CN[C@@H]1C. The lowest BCUT2D eigenvalue weighted by atomic mass is 9.87. The highest BCUT2D eigenvalue weighted by Crippen LogP contribution is 2.19. The summed E-state index contributed by atoms with van der Waals surface area (Å²) >= 11 is 0. The first-order valence-electron chi connectivity index (χ1n) is 3.87. The second-order valence-electron chi connectivity index (χ2n) is 3.24. The van der Waals surface area contributed by atoms with Crippen molar-refractivity contribution in [2.75, 3.05) is 6.54 Å². The zero-order chi connectivity index (χ0) is 7.56. The molecular formula is C8H14N2. The lowest BCUT2D eigenvalue weighted by Crippen LogP contribution is -2.41. The average Bonchev–Trinajstić information content (AvgIpc) is 1.95. The minimum absolute atomic E-state index is 0.242. The topological polar surface area (TPSA) is 35.8 Å². The molecular weight excluding hydrogens is 124 g/mol. The Morgan fingerprint density at radius 2 is 2.20 bits per heavy atom. The fraction of sp³-hybridized carbons (Fsp3) is 0.875. The Balaban J connectivity index is 2.42. The number of piperidine rings is 1. The zero-order valence-electron chi connectivity index (χ0n) is 6.59. The monoisotopic (exact) mass is 138 g/mol. The van der Waals surface area contributed by atoms with E-state index in [1.165, 1.54) is 0 Å². The maximum atomic E-state index is 8.61. The molecule has 0 radical (unpaired) electrons. The average molecular weight is 138 g/mol. The highest BCUT2D eigenvalue weighted by Gasteiger charge is 2.23. The van der Waals surface area contributed by atoms with E-state index in [1.54, 1.807) is 0 Å². The summed E-state index contributed by atoms with van der Waals surface area (Å²) in [6.45, 7) is 5.25. The molecule has 2 heteroatoms. The molecule has 1 saturated heterocycles. The van der Waals surface area contributed by atoms with Crippen LogP contribution in [-0.2, 0) is 0 Å². The Kier molecular flexibility index (Phi) is 2.29. The maximum Gasteiger partial charge on any atom is 0.0669 e. The van der Waals surface area contributed by atoms with Crippen molar-refractivity contribution in [2.24, 2.45) is 11.8 Å². The van der Waals surface area contributed by atoms with Crippen LogP contribution in [0.4, 0.5) is 0 Å². The van der Waals surface area contributed by atoms with E-state index in [-0.39, 0.29) is 5.92 Å². The van der Waals surface area contributed by atoms with E-state index in [1.807, 2.05) is 0 Å². The molecule has 0 saturated carbocycles. The number of hydrogen-bond donors (Lipinski definition) is 1. The lowest BCUT2D eigenvalue weighted by Gasteiger charge is -2.29. The van der Waals surface area contributed by atoms with E-state index in [2.05, 4.69) is 25.2 Å². The summed E-state index contributed by atoms with van der Waals surface area (Å²) in [6.07, 6.45) is 1.06. The molecule has 1 heterocycles. The van der Waals surface area contributed by atoms with Crippen molar-refractivity contribution in [3.8, 4) is 6.07 Å². The van der Waals surface area contributed by atoms with E-state index in [0.717, 1.165) is 13.0 Å². The number of rotatable bonds is 0. The van der Waals surface area contributed by atoms with Gasteiger partial charge in [-0.05, 0) is 19.3 Å². The van der Waals surface area contributed by atoms with Gasteiger partial charge in [-0.1, -0.05) is 6.92 Å². The first-order valence-corrected chi connectivity index (χ1v) is 3.87. The highest BCUT2D eigenvalue weighted by molar-refractivity contribution is 4.91. The van der Waals surface area contributed by atoms with Gasteiger partial charge in [0.05, 0.1) is 12.0 Å². The first-order chi connectivity index (χ1) is 4.74. The van der Waals surface area contributed by atoms with Gasteiger partial charge in [-0.25, -0.2) is 0 Å². The van der Waals surface area contributed by atoms with Gasteiger partial charge in [0.15, 0.2) is 0 Å². The molecule has 56 valence electrons. The van der Waals surface area contributed by atoms with Gasteiger partial charge in [-0.3, -0.25) is 0 Å². The second kappa shape index (κ2) is 3.03. The Morgan fingerprint density at radius 1 is 1.50 bits per heavy atom. The summed E-state index contributed by atoms with van der Waals surface area (Å²) in [5, 5.41) is 11.9. The molecule has 3 atom stereocenters. The van der Waals surface area contributed by atoms with Gasteiger partial charge in [-0.15, -0.1) is 0 Å². The Hall–Kier alpha value is -0.550. The van der Waals surface area contributed by atoms with Gasteiger partial charge < -0.3 is 5.32 Å². The Labute approximate surface area is 62.2 Å². The summed E-state index contributed by atoms with van der Waals surface area (Å²) in [4.78, 5) is 0. The molecule has 1 fully saturated rings. The summed E-state index contributed by atoms with van der Waals surface area (Å²) in [5.41, 5.74) is 0. The van der Waals surface area contributed by atoms with E-state index in [0.29, 0.717) is 12.0 Å². The van der Waals surface area contributed by atoms with Gasteiger partial charge >= 0.3 is 0 Å². The van der Waals surface area contributed by atoms with E-state index >= 15 is 0 Å². The first kappa shape index (κ1) is 7.56. The molecule has 1 aliphatic rings. The molecule has 0 aromatic heterocycles. The molecule has 1 N–H and O–H groups in total. The molecule has 1 rings (SSSR count). The summed E-state index contributed by atoms with van der Waals surface area (Å²) in [7, 11) is 0. The van der Waals surface area contributed by atoms with Crippen molar-refractivity contribution >= 4 is 0 Å². The summed E-state index contributed by atoms with van der Waals surface area (Å²) in [6, 6.07) is 2.88. The van der Waals surface area contributed by atoms with Gasteiger partial charge in [0.2, 0.25) is 0 Å². The van der Waals surface area contributed by atoms with Crippen LogP contribution in [0.1, 0.15) is 20.3 Å². The smallest absolute Gasteiger partial charge is 0.0669 e. The molecule has 2 unspecified atom stereocenters. The minimum atomic E-state index is 0.242. The van der Waals surface area contributed by atoms with Crippen LogP contribution in [0.15, 0.2) is 0 Å². The number of nitrogens with one attached hydrogen (secondary N) is 1. The molecule has 10 heavy (non-hydrogen) atoms. The third-order valence-electron chi connectivity index (χ3n) is 2.38. The van der Waals surface area contributed by atoms with Gasteiger partial charge in [-0.2, -0.15) is 5.26 Å². The lowest BCUT2D eigenvalue weighted by molar-refractivity contribution is 0.279. The number of nitriles is 1. The predicted molar refractivity (Wildman–Crippen MR) is 40.3 cm³/mol. The van der Waals surface area contributed by atoms with Crippen molar-refractivity contribution in [1.29, 1.82) is 5.26 Å². The molecule has 1 aliphatic heterocycles. The van der Waals surface area contributed by atoms with Crippen LogP contribution in [0, 0.1) is 23.2 Å². The standard InChI is InChI=1S/C8H14N2/c1-6-3-8(4-9)5-10-7(6)2/h6-8,10H,3,5H2,1-2H3/t6?,7-,8?/m1/s1. The fourth-order valence-corrected chi connectivity index (χ4v) is 1.36. The summed E-state index contributed by atoms with van der Waals surface area (Å²) < 4.78 is 0. The van der Waals surface area contributed by atoms with Crippen LogP contribution in [0.3, 0.4) is 0 Å². The van der Waals surface area contributed by atoms with E-state index in [9.17, 15) is 0 Å². The van der Waals surface area contributed by atoms with Crippen LogP contribution in [0.2, 0.25) is 0 Å². The van der Waals surface area contributed by atoms with Crippen molar-refractivity contribution < 1.29 is 0 Å². The number of nitrogens with zero attached hydrogens (tertiary/aromatic N) is 1. The quantitative estimate of drug-likeness (QED) is 0.545. The zero-order valence-corrected chi connectivity index (χ0v) is 6.59. The van der Waals surface area contributed by atoms with E-state index in [4.69, 9.17) is 5.26 Å². The molecule has 2 nitrogen and oxygen atoms in total. The van der Waals surface area contributed by atoms with Gasteiger partial charge in [0.25, 0.3) is 0 Å². The number of hydrogen-bond acceptors (Lipinski definition) is 2. The summed E-state index contributed by atoms with van der Waals surface area (Å²) in [5.74, 6) is 0.893. The molecule has 0 aromatic carbocycles. The molecule has 0 amide bonds. The van der Waals surface area contributed by atoms with Crippen molar-refractivity contribution in [2.45, 2.75) is 26.3 Å². The van der Waals surface area contributed by atoms with Crippen molar-refractivity contribution in [1.82, 2.24) is 5.32 Å². The van der Waals surface area contributed by atoms with Crippen LogP contribution in [0.5, 0.6) is 0 Å². The van der Waals surface area contributed by atoms with Crippen LogP contribution >= 0.6 is 0 Å². The fourth-order valence-electron chi connectivity index (χ4n) is 1.36. The molecule has 0 aliphatic carbocycles. The van der Waals surface area contributed by atoms with Gasteiger partial charge in [0, 0.05) is 12.6 Å². The Morgan fingerprint density at radius 3 is 2.70 bits per heavy atom. The Bertz CT molecular complexity index is 148. The third-order valence-corrected chi connectivity index (χ3v) is 2.38. The normalized spacial score (nSPS) is 40.7. The van der Waals surface area contributed by atoms with E-state index < -0.39 is 0 Å². The minimum Gasteiger partial charge on any atom is -0.313 e. The van der Waals surface area contributed by atoms with Crippen LogP contribution in [0.25, 0.3) is 0 Å². The molecule has 0 aromatic rings. The van der Waals surface area contributed by atoms with Crippen LogP contribution in [-0.4, -0.2) is 12.6 Å². The van der Waals surface area contributed by atoms with Crippen molar-refractivity contribution in [3.63, 3.8) is 0 Å². The third kappa shape index (κ3) is 1.48. The molecule has 0 bridgehead atoms. The largest absolute Gasteiger partial charge is 0.313 e. The predicted octanol–water partition coefficient (Wildman–Crippen LogP) is 1.14. The van der Waals surface area contributed by atoms with Crippen molar-refractivity contribution in [3.05, 3.63) is 0 Å². The highest BCUT2D eigenvalue weighted by atomic mass is 14.9. The second-order valence-corrected chi connectivity index (χ2v) is 3.24. The van der Waals surface area contributed by atoms with Crippen LogP contribution < -0.4 is 5.32 Å².